The summed E-state index contributed by atoms with van der Waals surface area (Å²) < 4.78 is 11.2. The molecule has 0 radical (unpaired) electrons. The summed E-state index contributed by atoms with van der Waals surface area (Å²) in [6.07, 6.45) is 7.81. The summed E-state index contributed by atoms with van der Waals surface area (Å²) in [4.78, 5) is 24.2. The van der Waals surface area contributed by atoms with Gasteiger partial charge >= 0.3 is 11.9 Å². The highest BCUT2D eigenvalue weighted by Crippen LogP contribution is 2.44. The highest BCUT2D eigenvalue weighted by atomic mass is 16.6. The number of esters is 2. The van der Waals surface area contributed by atoms with Gasteiger partial charge in [0.15, 0.2) is 0 Å². The number of carbonyl (C=O) groups excluding carboxylic acids is 2. The number of ether oxygens (including phenoxy) is 2. The summed E-state index contributed by atoms with van der Waals surface area (Å²) in [5.41, 5.74) is -0.407. The van der Waals surface area contributed by atoms with E-state index in [2.05, 4.69) is 6.92 Å². The van der Waals surface area contributed by atoms with Crippen molar-refractivity contribution in [2.75, 3.05) is 0 Å². The SMILES string of the molecule is CCCCCC(C)(O)C=C[C@@H]1C2CC(=O)O[C@H]2C[C@H]1OC(=O)c1ccccc1. The molecule has 1 aromatic rings. The minimum Gasteiger partial charge on any atom is -0.462 e. The van der Waals surface area contributed by atoms with E-state index in [1.165, 1.54) is 0 Å². The summed E-state index contributed by atoms with van der Waals surface area (Å²) in [6, 6.07) is 8.89. The van der Waals surface area contributed by atoms with Crippen molar-refractivity contribution in [1.82, 2.24) is 0 Å². The van der Waals surface area contributed by atoms with Crippen LogP contribution in [0.4, 0.5) is 0 Å². The molecule has 0 amide bonds. The molecular weight excluding hydrogens is 356 g/mol. The average molecular weight is 386 g/mol. The molecule has 0 aromatic heterocycles. The molecule has 0 spiro atoms. The molecule has 1 aliphatic carbocycles. The van der Waals surface area contributed by atoms with Gasteiger partial charge in [0.25, 0.3) is 0 Å². The van der Waals surface area contributed by atoms with Gasteiger partial charge in [-0.15, -0.1) is 0 Å². The van der Waals surface area contributed by atoms with E-state index in [-0.39, 0.29) is 36.0 Å². The van der Waals surface area contributed by atoms with Crippen LogP contribution >= 0.6 is 0 Å². The Kier molecular flexibility index (Phi) is 6.55. The van der Waals surface area contributed by atoms with Crippen molar-refractivity contribution >= 4 is 11.9 Å². The number of fused-ring (bicyclic) bond motifs is 1. The molecule has 5 heteroatoms. The molecule has 28 heavy (non-hydrogen) atoms. The molecular formula is C23H30O5. The molecule has 2 fully saturated rings. The van der Waals surface area contributed by atoms with Crippen LogP contribution in [0, 0.1) is 11.8 Å². The normalized spacial score (nSPS) is 28.8. The van der Waals surface area contributed by atoms with E-state index in [4.69, 9.17) is 9.47 Å². The molecule has 3 rings (SSSR count). The minimum absolute atomic E-state index is 0.0104. The van der Waals surface area contributed by atoms with E-state index in [1.807, 2.05) is 18.2 Å². The van der Waals surface area contributed by atoms with Crippen LogP contribution in [0.25, 0.3) is 0 Å². The van der Waals surface area contributed by atoms with Crippen LogP contribution < -0.4 is 0 Å². The lowest BCUT2D eigenvalue weighted by Gasteiger charge is -2.23. The van der Waals surface area contributed by atoms with Gasteiger partial charge in [-0.05, 0) is 25.5 Å². The largest absolute Gasteiger partial charge is 0.462 e. The van der Waals surface area contributed by atoms with Crippen molar-refractivity contribution in [1.29, 1.82) is 0 Å². The number of hydrogen-bond acceptors (Lipinski definition) is 5. The topological polar surface area (TPSA) is 72.8 Å². The fourth-order valence-electron chi connectivity index (χ4n) is 4.20. The van der Waals surface area contributed by atoms with E-state index >= 15 is 0 Å². The van der Waals surface area contributed by atoms with Crippen molar-refractivity contribution in [3.05, 3.63) is 48.0 Å². The molecule has 5 atom stereocenters. The number of rotatable bonds is 8. The Bertz CT molecular complexity index is 709. The summed E-state index contributed by atoms with van der Waals surface area (Å²) >= 11 is 0. The maximum atomic E-state index is 12.5. The van der Waals surface area contributed by atoms with Crippen LogP contribution in [0.3, 0.4) is 0 Å². The van der Waals surface area contributed by atoms with Crippen molar-refractivity contribution in [2.24, 2.45) is 11.8 Å². The molecule has 1 N–H and O–H groups in total. The van der Waals surface area contributed by atoms with Gasteiger partial charge in [-0.3, -0.25) is 4.79 Å². The third-order valence-corrected chi connectivity index (χ3v) is 5.78. The lowest BCUT2D eigenvalue weighted by Crippen LogP contribution is -2.26. The molecule has 1 aromatic carbocycles. The first-order valence-corrected chi connectivity index (χ1v) is 10.3. The van der Waals surface area contributed by atoms with Crippen molar-refractivity contribution in [3.63, 3.8) is 0 Å². The predicted molar refractivity (Wildman–Crippen MR) is 106 cm³/mol. The second kappa shape index (κ2) is 8.91. The maximum Gasteiger partial charge on any atom is 0.338 e. The number of carbonyl (C=O) groups is 2. The zero-order valence-electron chi connectivity index (χ0n) is 16.7. The van der Waals surface area contributed by atoms with Gasteiger partial charge in [-0.2, -0.15) is 0 Å². The zero-order valence-corrected chi connectivity index (χ0v) is 16.7. The molecule has 1 saturated carbocycles. The molecule has 1 saturated heterocycles. The van der Waals surface area contributed by atoms with Gasteiger partial charge < -0.3 is 14.6 Å². The van der Waals surface area contributed by atoms with E-state index < -0.39 is 5.60 Å². The molecule has 1 heterocycles. The van der Waals surface area contributed by atoms with E-state index in [9.17, 15) is 14.7 Å². The first kappa shape index (κ1) is 20.6. The maximum absolute atomic E-state index is 12.5. The number of hydrogen-bond donors (Lipinski definition) is 1. The Morgan fingerprint density at radius 2 is 2.07 bits per heavy atom. The van der Waals surface area contributed by atoms with Gasteiger partial charge in [0, 0.05) is 18.3 Å². The predicted octanol–water partition coefficient (Wildman–Crippen LogP) is 4.05. The Balaban J connectivity index is 1.71. The summed E-state index contributed by atoms with van der Waals surface area (Å²) in [7, 11) is 0. The van der Waals surface area contributed by atoms with Crippen LogP contribution in [-0.4, -0.2) is 34.9 Å². The number of aliphatic hydroxyl groups is 1. The fourth-order valence-corrected chi connectivity index (χ4v) is 4.20. The van der Waals surface area contributed by atoms with Crippen LogP contribution in [0.5, 0.6) is 0 Å². The third kappa shape index (κ3) is 5.02. The van der Waals surface area contributed by atoms with Crippen molar-refractivity contribution < 1.29 is 24.2 Å². The summed E-state index contributed by atoms with van der Waals surface area (Å²) in [6.45, 7) is 3.93. The van der Waals surface area contributed by atoms with E-state index in [0.29, 0.717) is 24.8 Å². The van der Waals surface area contributed by atoms with Crippen molar-refractivity contribution in [3.8, 4) is 0 Å². The highest BCUT2D eigenvalue weighted by Gasteiger charge is 2.50. The zero-order chi connectivity index (χ0) is 20.1. The first-order valence-electron chi connectivity index (χ1n) is 10.3. The molecule has 2 aliphatic rings. The van der Waals surface area contributed by atoms with Crippen molar-refractivity contribution in [2.45, 2.75) is 70.2 Å². The Morgan fingerprint density at radius 3 is 2.79 bits per heavy atom. The lowest BCUT2D eigenvalue weighted by molar-refractivity contribution is -0.141. The summed E-state index contributed by atoms with van der Waals surface area (Å²) in [5, 5.41) is 10.6. The number of benzene rings is 1. The highest BCUT2D eigenvalue weighted by molar-refractivity contribution is 5.89. The first-order chi connectivity index (χ1) is 13.4. The molecule has 2 unspecified atom stereocenters. The minimum atomic E-state index is -0.912. The van der Waals surface area contributed by atoms with Gasteiger partial charge in [0.2, 0.25) is 0 Å². The molecule has 0 bridgehead atoms. The standard InChI is InChI=1S/C23H30O5/c1-3-4-8-12-23(2,26)13-11-17-18-14-21(24)27-20(18)15-19(17)28-22(25)16-9-6-5-7-10-16/h5-7,9-11,13,17-20,26H,3-4,8,12,14-15H2,1-2H3/t17-,18?,19-,20+,23?/m1/s1. The molecule has 1 aliphatic heterocycles. The third-order valence-electron chi connectivity index (χ3n) is 5.78. The fraction of sp³-hybridized carbons (Fsp3) is 0.565. The van der Waals surface area contributed by atoms with Crippen LogP contribution in [-0.2, 0) is 14.3 Å². The van der Waals surface area contributed by atoms with Gasteiger partial charge in [0.1, 0.15) is 12.2 Å². The van der Waals surface area contributed by atoms with E-state index in [0.717, 1.165) is 19.3 Å². The van der Waals surface area contributed by atoms with Gasteiger partial charge in [-0.1, -0.05) is 56.5 Å². The van der Waals surface area contributed by atoms with Crippen LogP contribution in [0.2, 0.25) is 0 Å². The Labute approximate surface area is 166 Å². The van der Waals surface area contributed by atoms with E-state index in [1.54, 1.807) is 31.2 Å². The van der Waals surface area contributed by atoms with Crippen LogP contribution in [0.15, 0.2) is 42.5 Å². The smallest absolute Gasteiger partial charge is 0.338 e. The Morgan fingerprint density at radius 1 is 1.32 bits per heavy atom. The van der Waals surface area contributed by atoms with Gasteiger partial charge in [0.05, 0.1) is 17.6 Å². The summed E-state index contributed by atoms with van der Waals surface area (Å²) in [5.74, 6) is -0.716. The lowest BCUT2D eigenvalue weighted by atomic mass is 9.89. The molecule has 152 valence electrons. The van der Waals surface area contributed by atoms with Gasteiger partial charge in [-0.25, -0.2) is 4.79 Å². The average Bonchev–Trinajstić information content (AvgIpc) is 3.16. The monoisotopic (exact) mass is 386 g/mol. The van der Waals surface area contributed by atoms with Crippen LogP contribution in [0.1, 0.15) is 62.7 Å². The Hall–Kier alpha value is -2.14. The quantitative estimate of drug-likeness (QED) is 0.414. The molecule has 5 nitrogen and oxygen atoms in total. The number of unbranched alkanes of at least 4 members (excludes halogenated alkanes) is 2. The second-order valence-corrected chi connectivity index (χ2v) is 8.19. The second-order valence-electron chi connectivity index (χ2n) is 8.19.